The van der Waals surface area contributed by atoms with E-state index >= 15 is 0 Å². The summed E-state index contributed by atoms with van der Waals surface area (Å²) in [4.78, 5) is 0. The van der Waals surface area contributed by atoms with Crippen LogP contribution in [0.3, 0.4) is 0 Å². The zero-order chi connectivity index (χ0) is 7.40. The molecule has 0 aromatic heterocycles. The van der Waals surface area contributed by atoms with Crippen molar-refractivity contribution in [2.24, 2.45) is 5.92 Å². The van der Waals surface area contributed by atoms with E-state index in [4.69, 9.17) is 9.47 Å². The lowest BCUT2D eigenvalue weighted by Crippen LogP contribution is -2.25. The van der Waals surface area contributed by atoms with Gasteiger partial charge in [0.15, 0.2) is 0 Å². The van der Waals surface area contributed by atoms with Gasteiger partial charge >= 0.3 is 0 Å². The Labute approximate surface area is 62.5 Å². The number of rotatable bonds is 2. The maximum Gasteiger partial charge on any atom is 0.0579 e. The molecule has 1 heterocycles. The zero-order valence-electron chi connectivity index (χ0n) is 6.51. The maximum atomic E-state index is 5.29. The van der Waals surface area contributed by atoms with Crippen molar-refractivity contribution in [3.8, 4) is 0 Å². The van der Waals surface area contributed by atoms with Gasteiger partial charge in [0.05, 0.1) is 6.10 Å². The van der Waals surface area contributed by atoms with Gasteiger partial charge in [-0.15, -0.1) is 0 Å². The highest BCUT2D eigenvalue weighted by Gasteiger charge is 2.18. The van der Waals surface area contributed by atoms with E-state index in [9.17, 15) is 0 Å². The maximum absolute atomic E-state index is 5.29. The Bertz CT molecular complexity index is 91.3. The van der Waals surface area contributed by atoms with E-state index in [1.54, 1.807) is 7.11 Å². The van der Waals surface area contributed by atoms with Crippen LogP contribution in [0.2, 0.25) is 0 Å². The lowest BCUT2D eigenvalue weighted by Gasteiger charge is -2.26. The summed E-state index contributed by atoms with van der Waals surface area (Å²) in [7, 11) is 1.74. The Balaban J connectivity index is 2.18. The summed E-state index contributed by atoms with van der Waals surface area (Å²) in [6.07, 6.45) is 2.36. The highest BCUT2D eigenvalue weighted by atomic mass is 16.5. The number of methoxy groups -OCH3 is 1. The Morgan fingerprint density at radius 3 is 3.10 bits per heavy atom. The molecule has 2 unspecified atom stereocenters. The quantitative estimate of drug-likeness (QED) is 0.579. The van der Waals surface area contributed by atoms with E-state index in [1.807, 2.05) is 0 Å². The molecule has 1 aliphatic rings. The molecular weight excluding hydrogens is 128 g/mol. The van der Waals surface area contributed by atoms with Gasteiger partial charge in [-0.3, -0.25) is 0 Å². The number of hydrogen-bond acceptors (Lipinski definition) is 2. The first-order valence-electron chi connectivity index (χ1n) is 3.76. The van der Waals surface area contributed by atoms with E-state index in [1.165, 1.54) is 0 Å². The Kier molecular flexibility index (Phi) is 3.16. The van der Waals surface area contributed by atoms with Crippen molar-refractivity contribution in [1.82, 2.24) is 0 Å². The van der Waals surface area contributed by atoms with Gasteiger partial charge in [-0.2, -0.15) is 0 Å². The summed E-state index contributed by atoms with van der Waals surface area (Å²) >= 11 is 0. The molecule has 0 saturated carbocycles. The third-order valence-corrected chi connectivity index (χ3v) is 1.88. The molecule has 1 rings (SSSR count). The number of hydrogen-bond donors (Lipinski definition) is 0. The fraction of sp³-hybridized carbons (Fsp3) is 0.875. The van der Waals surface area contributed by atoms with Crippen molar-refractivity contribution in [2.45, 2.75) is 18.9 Å². The van der Waals surface area contributed by atoms with Crippen LogP contribution in [0.15, 0.2) is 0 Å². The van der Waals surface area contributed by atoms with Crippen molar-refractivity contribution < 1.29 is 9.47 Å². The molecule has 1 aliphatic heterocycles. The summed E-state index contributed by atoms with van der Waals surface area (Å²) in [5.74, 6) is 0.668. The van der Waals surface area contributed by atoms with Gasteiger partial charge in [0, 0.05) is 20.3 Å². The molecule has 2 heteroatoms. The summed E-state index contributed by atoms with van der Waals surface area (Å²) in [6, 6.07) is 0. The molecule has 0 N–H and O–H groups in total. The van der Waals surface area contributed by atoms with Crippen LogP contribution in [0.4, 0.5) is 0 Å². The molecule has 0 spiro atoms. The second-order valence-electron chi connectivity index (χ2n) is 2.84. The van der Waals surface area contributed by atoms with Gasteiger partial charge < -0.3 is 9.47 Å². The first kappa shape index (κ1) is 8.02. The lowest BCUT2D eigenvalue weighted by atomic mass is 9.97. The van der Waals surface area contributed by atoms with E-state index < -0.39 is 0 Å². The molecule has 1 radical (unpaired) electrons. The summed E-state index contributed by atoms with van der Waals surface area (Å²) in [5, 5.41) is 0. The van der Waals surface area contributed by atoms with Crippen LogP contribution < -0.4 is 0 Å². The second kappa shape index (κ2) is 3.94. The molecule has 1 fully saturated rings. The van der Waals surface area contributed by atoms with Gasteiger partial charge in [-0.05, 0) is 25.7 Å². The minimum Gasteiger partial charge on any atom is -0.384 e. The van der Waals surface area contributed by atoms with Crippen LogP contribution in [-0.2, 0) is 9.47 Å². The Morgan fingerprint density at radius 1 is 1.70 bits per heavy atom. The first-order valence-corrected chi connectivity index (χ1v) is 3.76. The molecule has 0 aromatic rings. The van der Waals surface area contributed by atoms with Gasteiger partial charge in [0.1, 0.15) is 0 Å². The second-order valence-corrected chi connectivity index (χ2v) is 2.84. The van der Waals surface area contributed by atoms with Crippen LogP contribution in [0, 0.1) is 12.8 Å². The molecular formula is C8H15O2. The van der Waals surface area contributed by atoms with E-state index in [0.717, 1.165) is 26.1 Å². The minimum atomic E-state index is 0.189. The van der Waals surface area contributed by atoms with E-state index in [-0.39, 0.29) is 6.10 Å². The molecule has 0 aromatic carbocycles. The number of ether oxygens (including phenoxy) is 2. The normalized spacial score (nSPS) is 34.2. The highest BCUT2D eigenvalue weighted by Crippen LogP contribution is 2.19. The average molecular weight is 143 g/mol. The predicted octanol–water partition coefficient (Wildman–Crippen LogP) is 1.26. The van der Waals surface area contributed by atoms with Gasteiger partial charge in [0.25, 0.3) is 0 Å². The molecule has 10 heavy (non-hydrogen) atoms. The molecule has 0 amide bonds. The lowest BCUT2D eigenvalue weighted by molar-refractivity contribution is -0.00388. The molecule has 2 atom stereocenters. The molecule has 0 bridgehead atoms. The third-order valence-electron chi connectivity index (χ3n) is 1.88. The van der Waals surface area contributed by atoms with Gasteiger partial charge in [0.2, 0.25) is 0 Å². The van der Waals surface area contributed by atoms with Crippen LogP contribution in [0.5, 0.6) is 0 Å². The van der Waals surface area contributed by atoms with E-state index in [2.05, 4.69) is 6.92 Å². The SMILES string of the molecule is [CH2]C1CC(COC)CCO1. The predicted molar refractivity (Wildman–Crippen MR) is 39.7 cm³/mol. The molecule has 2 nitrogen and oxygen atoms in total. The zero-order valence-corrected chi connectivity index (χ0v) is 6.51. The van der Waals surface area contributed by atoms with E-state index in [0.29, 0.717) is 5.92 Å². The highest BCUT2D eigenvalue weighted by molar-refractivity contribution is 4.72. The van der Waals surface area contributed by atoms with Crippen LogP contribution in [0.1, 0.15) is 12.8 Å². The van der Waals surface area contributed by atoms with Crippen molar-refractivity contribution in [2.75, 3.05) is 20.3 Å². The summed E-state index contributed by atoms with van der Waals surface area (Å²) in [6.45, 7) is 5.56. The fourth-order valence-corrected chi connectivity index (χ4v) is 1.35. The molecule has 0 aliphatic carbocycles. The summed E-state index contributed by atoms with van der Waals surface area (Å²) in [5.41, 5.74) is 0. The molecule has 1 saturated heterocycles. The van der Waals surface area contributed by atoms with Crippen molar-refractivity contribution in [3.63, 3.8) is 0 Å². The van der Waals surface area contributed by atoms with Crippen molar-refractivity contribution in [1.29, 1.82) is 0 Å². The summed E-state index contributed by atoms with van der Waals surface area (Å²) < 4.78 is 10.3. The minimum absolute atomic E-state index is 0.189. The topological polar surface area (TPSA) is 18.5 Å². The first-order chi connectivity index (χ1) is 4.83. The smallest absolute Gasteiger partial charge is 0.0579 e. The largest absolute Gasteiger partial charge is 0.384 e. The van der Waals surface area contributed by atoms with Crippen molar-refractivity contribution >= 4 is 0 Å². The standard InChI is InChI=1S/C8H15O2/c1-7-5-8(6-9-2)3-4-10-7/h7-8H,1,3-6H2,2H3. The third kappa shape index (κ3) is 2.27. The van der Waals surface area contributed by atoms with Crippen LogP contribution in [-0.4, -0.2) is 26.4 Å². The molecule has 59 valence electrons. The van der Waals surface area contributed by atoms with Crippen molar-refractivity contribution in [3.05, 3.63) is 6.92 Å². The van der Waals surface area contributed by atoms with Gasteiger partial charge in [-0.1, -0.05) is 0 Å². The fourth-order valence-electron chi connectivity index (χ4n) is 1.35. The Morgan fingerprint density at radius 2 is 2.50 bits per heavy atom. The van der Waals surface area contributed by atoms with Crippen LogP contribution in [0.25, 0.3) is 0 Å². The van der Waals surface area contributed by atoms with Crippen LogP contribution >= 0.6 is 0 Å². The van der Waals surface area contributed by atoms with Gasteiger partial charge in [-0.25, -0.2) is 0 Å². The average Bonchev–Trinajstić information content (AvgIpc) is 1.88. The Hall–Kier alpha value is -0.0800. The monoisotopic (exact) mass is 143 g/mol.